The van der Waals surface area contributed by atoms with Crippen LogP contribution in [0.15, 0.2) is 28.4 Å². The van der Waals surface area contributed by atoms with Gasteiger partial charge >= 0.3 is 0 Å². The van der Waals surface area contributed by atoms with Gasteiger partial charge in [0.15, 0.2) is 0 Å². The number of hydrogen-bond acceptors (Lipinski definition) is 3. The highest BCUT2D eigenvalue weighted by molar-refractivity contribution is 8.13. The highest BCUT2D eigenvalue weighted by Gasteiger charge is 2.32. The van der Waals surface area contributed by atoms with Crippen LogP contribution in [-0.2, 0) is 0 Å². The third-order valence-corrected chi connectivity index (χ3v) is 4.59. The van der Waals surface area contributed by atoms with Crippen LogP contribution in [0.25, 0.3) is 0 Å². The SMILES string of the molecule is CSC1=NC(C)(C)N(C(C)C)C=C1C1=CCCCC1. The lowest BCUT2D eigenvalue weighted by Gasteiger charge is -2.42. The summed E-state index contributed by atoms with van der Waals surface area (Å²) in [5.74, 6) is 0. The summed E-state index contributed by atoms with van der Waals surface area (Å²) in [4.78, 5) is 7.37. The molecule has 0 fully saturated rings. The van der Waals surface area contributed by atoms with Crippen LogP contribution in [0.5, 0.6) is 0 Å². The van der Waals surface area contributed by atoms with E-state index in [1.165, 1.54) is 41.9 Å². The zero-order valence-electron chi connectivity index (χ0n) is 12.9. The summed E-state index contributed by atoms with van der Waals surface area (Å²) in [5.41, 5.74) is 2.73. The first-order chi connectivity index (χ1) is 8.95. The fourth-order valence-corrected chi connectivity index (χ4v) is 3.68. The predicted octanol–water partition coefficient (Wildman–Crippen LogP) is 4.59. The van der Waals surface area contributed by atoms with Gasteiger partial charge in [-0.25, -0.2) is 0 Å². The molecule has 19 heavy (non-hydrogen) atoms. The van der Waals surface area contributed by atoms with E-state index in [2.05, 4.69) is 51.1 Å². The molecule has 0 atom stereocenters. The van der Waals surface area contributed by atoms with E-state index in [0.717, 1.165) is 0 Å². The van der Waals surface area contributed by atoms with Gasteiger partial charge in [-0.3, -0.25) is 4.99 Å². The van der Waals surface area contributed by atoms with Gasteiger partial charge in [0.05, 0.1) is 0 Å². The second kappa shape index (κ2) is 5.74. The van der Waals surface area contributed by atoms with Gasteiger partial charge in [-0.05, 0) is 65.2 Å². The van der Waals surface area contributed by atoms with Crippen molar-refractivity contribution >= 4 is 16.8 Å². The molecule has 1 aliphatic carbocycles. The molecular formula is C16H26N2S. The van der Waals surface area contributed by atoms with Gasteiger partial charge in [0.1, 0.15) is 10.7 Å². The van der Waals surface area contributed by atoms with E-state index in [0.29, 0.717) is 6.04 Å². The first kappa shape index (κ1) is 14.7. The third-order valence-electron chi connectivity index (χ3n) is 3.89. The summed E-state index contributed by atoms with van der Waals surface area (Å²) < 4.78 is 0. The van der Waals surface area contributed by atoms with Crippen molar-refractivity contribution in [2.45, 2.75) is 65.1 Å². The normalized spacial score (nSPS) is 23.1. The average molecular weight is 278 g/mol. The molecule has 1 aliphatic heterocycles. The number of allylic oxidation sites excluding steroid dienone is 2. The minimum absolute atomic E-state index is 0.134. The summed E-state index contributed by atoms with van der Waals surface area (Å²) >= 11 is 1.78. The Balaban J connectivity index is 2.39. The molecule has 2 rings (SSSR count). The Hall–Kier alpha value is -0.700. The zero-order valence-corrected chi connectivity index (χ0v) is 13.7. The van der Waals surface area contributed by atoms with E-state index in [1.807, 2.05) is 0 Å². The maximum atomic E-state index is 4.99. The molecular weight excluding hydrogens is 252 g/mol. The maximum absolute atomic E-state index is 4.99. The Morgan fingerprint density at radius 1 is 1.32 bits per heavy atom. The summed E-state index contributed by atoms with van der Waals surface area (Å²) in [6.07, 6.45) is 12.0. The van der Waals surface area contributed by atoms with Crippen molar-refractivity contribution in [2.75, 3.05) is 6.26 Å². The summed E-state index contributed by atoms with van der Waals surface area (Å²) in [7, 11) is 0. The molecule has 1 heterocycles. The Bertz CT molecular complexity index is 430. The van der Waals surface area contributed by atoms with Gasteiger partial charge in [-0.1, -0.05) is 6.08 Å². The van der Waals surface area contributed by atoms with E-state index < -0.39 is 0 Å². The number of rotatable bonds is 2. The van der Waals surface area contributed by atoms with Gasteiger partial charge in [0.2, 0.25) is 0 Å². The van der Waals surface area contributed by atoms with Crippen LogP contribution >= 0.6 is 11.8 Å². The number of hydrogen-bond donors (Lipinski definition) is 0. The average Bonchev–Trinajstić information content (AvgIpc) is 2.38. The highest BCUT2D eigenvalue weighted by Crippen LogP contribution is 2.35. The van der Waals surface area contributed by atoms with Crippen molar-refractivity contribution in [2.24, 2.45) is 4.99 Å². The van der Waals surface area contributed by atoms with Gasteiger partial charge in [-0.2, -0.15) is 0 Å². The lowest BCUT2D eigenvalue weighted by molar-refractivity contribution is 0.152. The van der Waals surface area contributed by atoms with Crippen LogP contribution in [0.4, 0.5) is 0 Å². The van der Waals surface area contributed by atoms with Crippen molar-refractivity contribution < 1.29 is 0 Å². The van der Waals surface area contributed by atoms with Crippen molar-refractivity contribution in [3.05, 3.63) is 23.4 Å². The van der Waals surface area contributed by atoms with Gasteiger partial charge in [0, 0.05) is 17.8 Å². The van der Waals surface area contributed by atoms with E-state index in [-0.39, 0.29) is 5.66 Å². The Labute approximate surface area is 122 Å². The molecule has 0 unspecified atom stereocenters. The van der Waals surface area contributed by atoms with Crippen LogP contribution in [0.3, 0.4) is 0 Å². The molecule has 106 valence electrons. The van der Waals surface area contributed by atoms with Gasteiger partial charge in [0.25, 0.3) is 0 Å². The molecule has 0 aromatic rings. The Morgan fingerprint density at radius 2 is 2.05 bits per heavy atom. The van der Waals surface area contributed by atoms with Crippen molar-refractivity contribution in [3.63, 3.8) is 0 Å². The summed E-state index contributed by atoms with van der Waals surface area (Å²) in [6.45, 7) is 8.88. The monoisotopic (exact) mass is 278 g/mol. The Kier molecular flexibility index (Phi) is 4.44. The quantitative estimate of drug-likeness (QED) is 0.734. The molecule has 0 saturated heterocycles. The summed E-state index contributed by atoms with van der Waals surface area (Å²) in [5, 5.41) is 1.20. The molecule has 0 aromatic carbocycles. The minimum Gasteiger partial charge on any atom is -0.351 e. The topological polar surface area (TPSA) is 15.6 Å². The lowest BCUT2D eigenvalue weighted by Crippen LogP contribution is -2.46. The van der Waals surface area contributed by atoms with Crippen molar-refractivity contribution in [1.82, 2.24) is 4.90 Å². The molecule has 3 heteroatoms. The molecule has 0 radical (unpaired) electrons. The second-order valence-corrected chi connectivity index (χ2v) is 6.93. The van der Waals surface area contributed by atoms with Crippen LogP contribution in [0, 0.1) is 0 Å². The standard InChI is InChI=1S/C16H26N2S/c1-12(2)18-11-14(13-9-7-6-8-10-13)15(19-5)17-16(18,3)4/h9,11-12H,6-8,10H2,1-5H3. The van der Waals surface area contributed by atoms with Crippen LogP contribution in [0.1, 0.15) is 53.4 Å². The molecule has 0 spiro atoms. The fourth-order valence-electron chi connectivity index (χ4n) is 2.96. The van der Waals surface area contributed by atoms with E-state index in [4.69, 9.17) is 4.99 Å². The number of nitrogens with zero attached hydrogens (tertiary/aromatic N) is 2. The first-order valence-electron chi connectivity index (χ1n) is 7.29. The van der Waals surface area contributed by atoms with Crippen LogP contribution in [0.2, 0.25) is 0 Å². The molecule has 0 aromatic heterocycles. The molecule has 0 N–H and O–H groups in total. The van der Waals surface area contributed by atoms with Gasteiger partial charge in [-0.15, -0.1) is 11.8 Å². The lowest BCUT2D eigenvalue weighted by atomic mass is 9.93. The molecule has 2 aliphatic rings. The smallest absolute Gasteiger partial charge is 0.127 e. The van der Waals surface area contributed by atoms with Gasteiger partial charge < -0.3 is 4.90 Å². The molecule has 0 amide bonds. The Morgan fingerprint density at radius 3 is 2.58 bits per heavy atom. The third kappa shape index (κ3) is 3.07. The second-order valence-electron chi connectivity index (χ2n) is 6.13. The largest absolute Gasteiger partial charge is 0.351 e. The molecule has 0 bridgehead atoms. The molecule has 0 saturated carbocycles. The predicted molar refractivity (Wildman–Crippen MR) is 86.6 cm³/mol. The highest BCUT2D eigenvalue weighted by atomic mass is 32.2. The fraction of sp³-hybridized carbons (Fsp3) is 0.688. The van der Waals surface area contributed by atoms with Crippen molar-refractivity contribution in [1.29, 1.82) is 0 Å². The summed E-state index contributed by atoms with van der Waals surface area (Å²) in [6, 6.07) is 0.473. The van der Waals surface area contributed by atoms with E-state index in [1.54, 1.807) is 11.8 Å². The maximum Gasteiger partial charge on any atom is 0.127 e. The van der Waals surface area contributed by atoms with Crippen molar-refractivity contribution in [3.8, 4) is 0 Å². The minimum atomic E-state index is -0.134. The van der Waals surface area contributed by atoms with E-state index in [9.17, 15) is 0 Å². The first-order valence-corrected chi connectivity index (χ1v) is 8.52. The number of thioether (sulfide) groups is 1. The zero-order chi connectivity index (χ0) is 14.0. The number of aliphatic imine (C=N–C) groups is 1. The molecule has 2 nitrogen and oxygen atoms in total. The van der Waals surface area contributed by atoms with E-state index >= 15 is 0 Å². The van der Waals surface area contributed by atoms with Crippen LogP contribution in [-0.4, -0.2) is 27.9 Å². The van der Waals surface area contributed by atoms with Crippen LogP contribution < -0.4 is 0 Å².